The van der Waals surface area contributed by atoms with E-state index in [1.54, 1.807) is 0 Å². The topological polar surface area (TPSA) is 550 Å². The lowest BCUT2D eigenvalue weighted by molar-refractivity contribution is -0.393. The fourth-order valence-electron chi connectivity index (χ4n) is 19.3. The van der Waals surface area contributed by atoms with E-state index in [1.807, 2.05) is 13.0 Å². The molecule has 0 aromatic carbocycles. The molecule has 11 rings (SSSR count). The molecular weight excluding hydrogens is 1320 g/mol. The van der Waals surface area contributed by atoms with Crippen molar-refractivity contribution in [1.82, 2.24) is 0 Å². The van der Waals surface area contributed by atoms with Crippen LogP contribution in [0.25, 0.3) is 0 Å². The molecule has 99 heavy (non-hydrogen) atoms. The van der Waals surface area contributed by atoms with Crippen LogP contribution in [0.5, 0.6) is 0 Å². The van der Waals surface area contributed by atoms with Gasteiger partial charge in [0.05, 0.1) is 62.2 Å². The van der Waals surface area contributed by atoms with Gasteiger partial charge in [0.1, 0.15) is 128 Å². The summed E-state index contributed by atoms with van der Waals surface area (Å²) in [6.07, 6.45) is -50.7. The summed E-state index contributed by atoms with van der Waals surface area (Å²) >= 11 is 0. The minimum Gasteiger partial charge on any atom is -0.481 e. The second-order valence-corrected chi connectivity index (χ2v) is 31.2. The molecule has 34 nitrogen and oxygen atoms in total. The van der Waals surface area contributed by atoms with Crippen LogP contribution < -0.4 is 0 Å². The molecule has 0 aromatic heterocycles. The van der Waals surface area contributed by atoms with E-state index in [1.165, 1.54) is 20.8 Å². The maximum absolute atomic E-state index is 16.0. The van der Waals surface area contributed by atoms with Crippen molar-refractivity contribution in [2.75, 3.05) is 33.0 Å². The van der Waals surface area contributed by atoms with E-state index in [4.69, 9.17) is 56.8 Å². The monoisotopic (exact) mass is 1430 g/mol. The summed E-state index contributed by atoms with van der Waals surface area (Å²) in [6.45, 7) is 8.84. The Hall–Kier alpha value is -2.52. The fraction of sp³-hybridized carbons (Fsp3) is 0.938. The zero-order valence-electron chi connectivity index (χ0n) is 56.3. The van der Waals surface area contributed by atoms with Gasteiger partial charge in [0.25, 0.3) is 0 Å². The predicted molar refractivity (Wildman–Crippen MR) is 324 cm³/mol. The number of ether oxygens (including phenoxy) is 12. The third kappa shape index (κ3) is 13.0. The van der Waals surface area contributed by atoms with Crippen molar-refractivity contribution < 1.29 is 169 Å². The molecule has 0 unspecified atom stereocenters. The van der Waals surface area contributed by atoms with Gasteiger partial charge in [-0.15, -0.1) is 0 Å². The number of hydrogen-bond donors (Lipinski definition) is 20. The van der Waals surface area contributed by atoms with E-state index in [0.29, 0.717) is 25.7 Å². The minimum atomic E-state index is -2.16. The van der Waals surface area contributed by atoms with Crippen LogP contribution in [0.3, 0.4) is 0 Å². The van der Waals surface area contributed by atoms with Gasteiger partial charge in [-0.25, -0.2) is 0 Å². The average molecular weight is 1430 g/mol. The second kappa shape index (κ2) is 29.0. The van der Waals surface area contributed by atoms with E-state index in [0.717, 1.165) is 5.57 Å². The van der Waals surface area contributed by atoms with Gasteiger partial charge in [-0.1, -0.05) is 39.3 Å². The summed E-state index contributed by atoms with van der Waals surface area (Å²) in [4.78, 5) is 29.9. The lowest BCUT2D eigenvalue weighted by atomic mass is 9.33. The summed E-state index contributed by atoms with van der Waals surface area (Å²) in [5.41, 5.74) is -5.78. The predicted octanol–water partition coefficient (Wildman–Crippen LogP) is -6.68. The van der Waals surface area contributed by atoms with Gasteiger partial charge in [-0.2, -0.15) is 0 Å². The zero-order chi connectivity index (χ0) is 72.5. The molecule has 5 aliphatic carbocycles. The van der Waals surface area contributed by atoms with Gasteiger partial charge >= 0.3 is 11.9 Å². The number of hydrogen-bond acceptors (Lipinski definition) is 33. The lowest BCUT2D eigenvalue weighted by Gasteiger charge is -2.71. The van der Waals surface area contributed by atoms with Crippen molar-refractivity contribution in [2.24, 2.45) is 50.2 Å². The minimum absolute atomic E-state index is 0.0185. The Morgan fingerprint density at radius 1 is 0.485 bits per heavy atom. The molecule has 4 saturated carbocycles. The Morgan fingerprint density at radius 3 is 1.53 bits per heavy atom. The van der Waals surface area contributed by atoms with Crippen molar-refractivity contribution in [3.05, 3.63) is 11.6 Å². The van der Waals surface area contributed by atoms with Crippen LogP contribution in [0, 0.1) is 50.2 Å². The highest BCUT2D eigenvalue weighted by Crippen LogP contribution is 2.76. The summed E-state index contributed by atoms with van der Waals surface area (Å²) < 4.78 is 72.0. The zero-order valence-corrected chi connectivity index (χ0v) is 56.3. The summed E-state index contributed by atoms with van der Waals surface area (Å²) in [6, 6.07) is 0. The first-order valence-corrected chi connectivity index (χ1v) is 34.4. The van der Waals surface area contributed by atoms with E-state index in [9.17, 15) is 107 Å². The highest BCUT2D eigenvalue weighted by atomic mass is 16.8. The summed E-state index contributed by atoms with van der Waals surface area (Å²) in [5.74, 6) is -3.92. The van der Waals surface area contributed by atoms with E-state index >= 15 is 4.79 Å². The molecule has 10 fully saturated rings. The number of carboxylic acid groups (broad SMARTS) is 1. The molecule has 0 bridgehead atoms. The normalized spacial score (nSPS) is 54.5. The Balaban J connectivity index is 0.873. The Morgan fingerprint density at radius 2 is 0.980 bits per heavy atom. The maximum atomic E-state index is 16.0. The average Bonchev–Trinajstić information content (AvgIpc) is 0.669. The first kappa shape index (κ1) is 77.6. The highest BCUT2D eigenvalue weighted by Gasteiger charge is 2.74. The number of fused-ring (bicyclic) bond motifs is 7. The number of rotatable bonds is 17. The second-order valence-electron chi connectivity index (χ2n) is 31.2. The number of allylic oxidation sites excluding steroid dienone is 1. The van der Waals surface area contributed by atoms with E-state index in [2.05, 4.69) is 20.8 Å². The molecule has 6 saturated heterocycles. The van der Waals surface area contributed by atoms with Crippen molar-refractivity contribution in [1.29, 1.82) is 0 Å². The molecular formula is C65H104O34. The molecule has 39 atom stereocenters. The van der Waals surface area contributed by atoms with Gasteiger partial charge < -0.3 is 159 Å². The number of carbonyl (C=O) groups excluding carboxylic acids is 1. The molecule has 0 radical (unpaired) electrons. The standard InChI is InChI=1S/C65H104O34/c1-23-34(72)49(96-55-43(81)39(77)36(74)30(19-67)92-55)50(97-53-45(83)41(79)47(24(2)90-53)94-52-46(84)48(28(71)21-88-52)95-54-42(80)38(76)35(73)29(18-66)91-54)57(89-23)99-59(87)64-13-12-60(3,4)16-26(64)25-8-9-32-61(5)17-27(70)51(98-56-44(82)40(78)37(75)31(20-68)93-56)63(7,58(85)86)33(61)10-11-62(32,6)65(25,22-69)15-14-64/h8,23-24,26-57,66-84H,9-22H2,1-7H3,(H,85,86)/t23-,24+,26+,27+,28-,29-,30-,31-,32-,33-,34+,35+,36-,37-,38+,39+,40+,41+,42-,43-,44-,45-,46-,47+,48+,49+,50-,51+,52+,53+,54+,55-,56+,57+,61-,62-,63+,64+,65+/m1/s1. The van der Waals surface area contributed by atoms with Crippen LogP contribution in [-0.2, 0) is 66.4 Å². The molecule has 6 heterocycles. The Bertz CT molecular complexity index is 2840. The molecule has 0 spiro atoms. The van der Waals surface area contributed by atoms with Gasteiger partial charge in [-0.05, 0) is 113 Å². The maximum Gasteiger partial charge on any atom is 0.315 e. The van der Waals surface area contributed by atoms with E-state index < -0.39 is 286 Å². The molecule has 11 aliphatic rings. The van der Waals surface area contributed by atoms with Crippen LogP contribution in [-0.4, -0.2) is 337 Å². The number of carbonyl (C=O) groups is 2. The quantitative estimate of drug-likeness (QED) is 0.0366. The number of aliphatic hydroxyl groups excluding tert-OH is 19. The third-order valence-corrected chi connectivity index (χ3v) is 25.2. The van der Waals surface area contributed by atoms with Crippen LogP contribution in [0.2, 0.25) is 0 Å². The number of carboxylic acids is 1. The number of aliphatic hydroxyl groups is 19. The molecule has 20 N–H and O–H groups in total. The molecule has 6 aliphatic heterocycles. The van der Waals surface area contributed by atoms with Crippen molar-refractivity contribution in [3.8, 4) is 0 Å². The first-order chi connectivity index (χ1) is 46.4. The molecule has 34 heteroatoms. The Labute approximate surface area is 570 Å². The van der Waals surface area contributed by atoms with Crippen molar-refractivity contribution in [2.45, 2.75) is 297 Å². The summed E-state index contributed by atoms with van der Waals surface area (Å²) in [7, 11) is 0. The van der Waals surface area contributed by atoms with Crippen LogP contribution in [0.1, 0.15) is 106 Å². The van der Waals surface area contributed by atoms with Gasteiger partial charge in [-0.3, -0.25) is 9.59 Å². The number of aliphatic carboxylic acids is 1. The first-order valence-electron chi connectivity index (χ1n) is 34.4. The van der Waals surface area contributed by atoms with Gasteiger partial charge in [0, 0.05) is 5.41 Å². The van der Waals surface area contributed by atoms with Crippen LogP contribution in [0.15, 0.2) is 11.6 Å². The fourth-order valence-corrected chi connectivity index (χ4v) is 19.3. The largest absolute Gasteiger partial charge is 0.481 e. The summed E-state index contributed by atoms with van der Waals surface area (Å²) in [5, 5.41) is 220. The molecule has 0 aromatic rings. The van der Waals surface area contributed by atoms with Crippen LogP contribution >= 0.6 is 0 Å². The van der Waals surface area contributed by atoms with Gasteiger partial charge in [0.15, 0.2) is 37.6 Å². The van der Waals surface area contributed by atoms with Crippen molar-refractivity contribution in [3.63, 3.8) is 0 Å². The highest BCUT2D eigenvalue weighted by molar-refractivity contribution is 5.79. The molecule has 568 valence electrons. The van der Waals surface area contributed by atoms with E-state index in [-0.39, 0.29) is 32.1 Å². The van der Waals surface area contributed by atoms with Crippen molar-refractivity contribution >= 4 is 11.9 Å². The van der Waals surface area contributed by atoms with Crippen LogP contribution in [0.4, 0.5) is 0 Å². The molecule has 0 amide bonds. The lowest BCUT2D eigenvalue weighted by Crippen LogP contribution is -2.71. The SMILES string of the molecule is C[C@@H]1O[C@@H](O[C@H]2[C@H](OC(=O)[C@]34CCC(C)(C)C[C@H]3C3=CC[C@@H]5[C@@]6(C)C[C@H](O)[C@H](O[C@@H]7O[C@H](CO)[C@@H](O)[C@H](O)[C@H]7O)[C@@](C)(C(=O)O)[C@@H]6CC[C@@]5(C)[C@]3(CO)CC4)O[C@H](C)[C@H](O)[C@@H]2O[C@H]2O[C@H](CO)[C@@H](O)[C@H](O)[C@H]2O)[C@H](O)[C@H](O)[C@H]1O[C@@H]1OC[C@@H](O)[C@H](O[C@@H]2O[C@H](CO)[C@H](O)[C@H](O)[C@H]2O)[C@H]1O. The third-order valence-electron chi connectivity index (χ3n) is 25.2. The van der Waals surface area contributed by atoms with Gasteiger partial charge in [0.2, 0.25) is 6.29 Å². The smallest absolute Gasteiger partial charge is 0.315 e. The Kier molecular flexibility index (Phi) is 22.7. The number of esters is 1.